The van der Waals surface area contributed by atoms with E-state index in [0.29, 0.717) is 11.6 Å². The monoisotopic (exact) mass is 229 g/mol. The van der Waals surface area contributed by atoms with Gasteiger partial charge in [-0.1, -0.05) is 6.92 Å². The van der Waals surface area contributed by atoms with Gasteiger partial charge in [-0.3, -0.25) is 4.98 Å². The molecule has 0 amide bonds. The number of anilines is 1. The molecule has 0 bridgehead atoms. The number of rotatable bonds is 3. The maximum absolute atomic E-state index is 5.75. The fraction of sp³-hybridized carbons (Fsp3) is 0.231. The molecule has 0 fully saturated rings. The van der Waals surface area contributed by atoms with Gasteiger partial charge in [-0.2, -0.15) is 0 Å². The summed E-state index contributed by atoms with van der Waals surface area (Å²) in [5.74, 6) is 1.89. The molecular formula is C13H15N3O. The van der Waals surface area contributed by atoms with Gasteiger partial charge in [0.2, 0.25) is 0 Å². The molecule has 88 valence electrons. The third kappa shape index (κ3) is 2.72. The molecule has 0 aliphatic heterocycles. The summed E-state index contributed by atoms with van der Waals surface area (Å²) in [6, 6.07) is 7.33. The van der Waals surface area contributed by atoms with Gasteiger partial charge in [0.1, 0.15) is 17.3 Å². The van der Waals surface area contributed by atoms with Crippen LogP contribution in [0, 0.1) is 6.92 Å². The number of ether oxygens (including phenoxy) is 1. The maximum Gasteiger partial charge on any atom is 0.148 e. The number of aromatic nitrogens is 2. The Bertz CT molecular complexity index is 526. The zero-order valence-electron chi connectivity index (χ0n) is 9.97. The standard InChI is InChI=1S/C13H15N3O/c1-3-11-12(5-4-9(2)16-11)17-10-6-7-15-13(14)8-10/h4-8H,3H2,1-2H3,(H2,14,15). The second kappa shape index (κ2) is 4.82. The van der Waals surface area contributed by atoms with Gasteiger partial charge in [0.05, 0.1) is 5.69 Å². The predicted molar refractivity (Wildman–Crippen MR) is 67.1 cm³/mol. The molecule has 2 N–H and O–H groups in total. The summed E-state index contributed by atoms with van der Waals surface area (Å²) in [6.45, 7) is 4.02. The molecule has 0 saturated heterocycles. The highest BCUT2D eigenvalue weighted by Gasteiger charge is 2.05. The maximum atomic E-state index is 5.75. The van der Waals surface area contributed by atoms with Crippen LogP contribution in [-0.2, 0) is 6.42 Å². The Hall–Kier alpha value is -2.10. The van der Waals surface area contributed by atoms with Crippen molar-refractivity contribution in [2.75, 3.05) is 5.73 Å². The Kier molecular flexibility index (Phi) is 3.23. The second-order valence-electron chi connectivity index (χ2n) is 3.77. The van der Waals surface area contributed by atoms with Crippen LogP contribution in [0.3, 0.4) is 0 Å². The minimum absolute atomic E-state index is 0.445. The summed E-state index contributed by atoms with van der Waals surface area (Å²) in [5.41, 5.74) is 7.53. The molecule has 2 rings (SSSR count). The zero-order valence-corrected chi connectivity index (χ0v) is 9.97. The number of hydrogen-bond donors (Lipinski definition) is 1. The van der Waals surface area contributed by atoms with Crippen molar-refractivity contribution < 1.29 is 4.74 Å². The lowest BCUT2D eigenvalue weighted by atomic mass is 10.2. The van der Waals surface area contributed by atoms with Crippen LogP contribution in [0.25, 0.3) is 0 Å². The lowest BCUT2D eigenvalue weighted by molar-refractivity contribution is 0.472. The summed E-state index contributed by atoms with van der Waals surface area (Å²) in [4.78, 5) is 8.36. The summed E-state index contributed by atoms with van der Waals surface area (Å²) < 4.78 is 5.75. The molecule has 0 saturated carbocycles. The zero-order chi connectivity index (χ0) is 12.3. The summed E-state index contributed by atoms with van der Waals surface area (Å²) in [6.07, 6.45) is 2.45. The summed E-state index contributed by atoms with van der Waals surface area (Å²) in [5, 5.41) is 0. The molecule has 0 aromatic carbocycles. The van der Waals surface area contributed by atoms with E-state index in [-0.39, 0.29) is 0 Å². The van der Waals surface area contributed by atoms with Crippen LogP contribution in [-0.4, -0.2) is 9.97 Å². The van der Waals surface area contributed by atoms with Gasteiger partial charge in [-0.15, -0.1) is 0 Å². The number of aryl methyl sites for hydroxylation is 2. The van der Waals surface area contributed by atoms with Crippen molar-refractivity contribution in [3.63, 3.8) is 0 Å². The predicted octanol–water partition coefficient (Wildman–Crippen LogP) is 2.72. The first-order chi connectivity index (χ1) is 8.19. The van der Waals surface area contributed by atoms with E-state index in [0.717, 1.165) is 23.6 Å². The minimum atomic E-state index is 0.445. The van der Waals surface area contributed by atoms with Crippen LogP contribution >= 0.6 is 0 Å². The largest absolute Gasteiger partial charge is 0.455 e. The smallest absolute Gasteiger partial charge is 0.148 e. The van der Waals surface area contributed by atoms with Crippen molar-refractivity contribution in [3.05, 3.63) is 41.9 Å². The van der Waals surface area contributed by atoms with Gasteiger partial charge >= 0.3 is 0 Å². The number of hydrogen-bond acceptors (Lipinski definition) is 4. The average molecular weight is 229 g/mol. The highest BCUT2D eigenvalue weighted by atomic mass is 16.5. The van der Waals surface area contributed by atoms with E-state index in [1.165, 1.54) is 0 Å². The van der Waals surface area contributed by atoms with Crippen LogP contribution in [0.1, 0.15) is 18.3 Å². The third-order valence-corrected chi connectivity index (χ3v) is 2.39. The van der Waals surface area contributed by atoms with Gasteiger partial charge in [0.15, 0.2) is 0 Å². The molecule has 4 heteroatoms. The molecule has 0 radical (unpaired) electrons. The Labute approximate surface area is 100 Å². The second-order valence-corrected chi connectivity index (χ2v) is 3.77. The Morgan fingerprint density at radius 3 is 2.82 bits per heavy atom. The molecule has 0 aliphatic carbocycles. The number of pyridine rings is 2. The van der Waals surface area contributed by atoms with Gasteiger partial charge in [0.25, 0.3) is 0 Å². The van der Waals surface area contributed by atoms with Crippen molar-refractivity contribution in [2.24, 2.45) is 0 Å². The van der Waals surface area contributed by atoms with E-state index in [2.05, 4.69) is 16.9 Å². The highest BCUT2D eigenvalue weighted by molar-refractivity contribution is 5.40. The van der Waals surface area contributed by atoms with E-state index in [4.69, 9.17) is 10.5 Å². The molecule has 2 aromatic heterocycles. The van der Waals surface area contributed by atoms with Crippen LogP contribution < -0.4 is 10.5 Å². The summed E-state index contributed by atoms with van der Waals surface area (Å²) in [7, 11) is 0. The fourth-order valence-corrected chi connectivity index (χ4v) is 1.56. The Morgan fingerprint density at radius 1 is 1.29 bits per heavy atom. The minimum Gasteiger partial charge on any atom is -0.455 e. The molecule has 2 aromatic rings. The first-order valence-electron chi connectivity index (χ1n) is 5.55. The normalized spacial score (nSPS) is 10.2. The van der Waals surface area contributed by atoms with Crippen molar-refractivity contribution in [2.45, 2.75) is 20.3 Å². The van der Waals surface area contributed by atoms with Crippen molar-refractivity contribution in [1.82, 2.24) is 9.97 Å². The molecule has 2 heterocycles. The first-order valence-corrected chi connectivity index (χ1v) is 5.55. The quantitative estimate of drug-likeness (QED) is 0.879. The number of nitrogens with zero attached hydrogens (tertiary/aromatic N) is 2. The first kappa shape index (κ1) is 11.4. The molecule has 17 heavy (non-hydrogen) atoms. The van der Waals surface area contributed by atoms with Gasteiger partial charge in [-0.25, -0.2) is 4.98 Å². The number of nitrogens with two attached hydrogens (primary N) is 1. The van der Waals surface area contributed by atoms with Crippen molar-refractivity contribution in [3.8, 4) is 11.5 Å². The molecule has 0 aliphatic rings. The van der Waals surface area contributed by atoms with E-state index in [1.54, 1.807) is 18.3 Å². The molecule has 0 spiro atoms. The van der Waals surface area contributed by atoms with E-state index in [9.17, 15) is 0 Å². The van der Waals surface area contributed by atoms with Crippen LogP contribution in [0.5, 0.6) is 11.5 Å². The molecule has 4 nitrogen and oxygen atoms in total. The van der Waals surface area contributed by atoms with Gasteiger partial charge in [0, 0.05) is 18.0 Å². The highest BCUT2D eigenvalue weighted by Crippen LogP contribution is 2.25. The third-order valence-electron chi connectivity index (χ3n) is 2.39. The Balaban J connectivity index is 2.29. The van der Waals surface area contributed by atoms with E-state index < -0.39 is 0 Å². The fourth-order valence-electron chi connectivity index (χ4n) is 1.56. The lowest BCUT2D eigenvalue weighted by Gasteiger charge is -2.10. The topological polar surface area (TPSA) is 61.0 Å². The Morgan fingerprint density at radius 2 is 2.12 bits per heavy atom. The van der Waals surface area contributed by atoms with Crippen molar-refractivity contribution >= 4 is 5.82 Å². The average Bonchev–Trinajstić information content (AvgIpc) is 2.31. The molecule has 0 unspecified atom stereocenters. The molecular weight excluding hydrogens is 214 g/mol. The molecule has 0 atom stereocenters. The van der Waals surface area contributed by atoms with E-state index in [1.807, 2.05) is 19.1 Å². The van der Waals surface area contributed by atoms with Crippen LogP contribution in [0.2, 0.25) is 0 Å². The van der Waals surface area contributed by atoms with Crippen LogP contribution in [0.4, 0.5) is 5.82 Å². The van der Waals surface area contributed by atoms with Crippen molar-refractivity contribution in [1.29, 1.82) is 0 Å². The summed E-state index contributed by atoms with van der Waals surface area (Å²) >= 11 is 0. The van der Waals surface area contributed by atoms with E-state index >= 15 is 0 Å². The van der Waals surface area contributed by atoms with Gasteiger partial charge < -0.3 is 10.5 Å². The van der Waals surface area contributed by atoms with Gasteiger partial charge in [-0.05, 0) is 31.5 Å². The van der Waals surface area contributed by atoms with Crippen LogP contribution in [0.15, 0.2) is 30.5 Å². The number of nitrogen functional groups attached to an aromatic ring is 1. The SMILES string of the molecule is CCc1nc(C)ccc1Oc1ccnc(N)c1. The lowest BCUT2D eigenvalue weighted by Crippen LogP contribution is -1.96.